The lowest BCUT2D eigenvalue weighted by Crippen LogP contribution is -2.23. The molecule has 0 spiro atoms. The lowest BCUT2D eigenvalue weighted by molar-refractivity contribution is 0.0952. The minimum Gasteiger partial charge on any atom is -0.497 e. The number of fused-ring (bicyclic) bond motifs is 1. The summed E-state index contributed by atoms with van der Waals surface area (Å²) in [6.07, 6.45) is 2.23. The normalized spacial score (nSPS) is 18.4. The average molecular weight is 354 g/mol. The zero-order chi connectivity index (χ0) is 18.8. The first kappa shape index (κ1) is 17.3. The number of carbonyl (C=O) groups excluding carboxylic acids is 1. The molecule has 0 amide bonds. The molecule has 0 N–H and O–H groups in total. The predicted molar refractivity (Wildman–Crippen MR) is 109 cm³/mol. The first-order valence-corrected chi connectivity index (χ1v) is 9.20. The van der Waals surface area contributed by atoms with E-state index in [0.29, 0.717) is 0 Å². The Morgan fingerprint density at radius 3 is 2.22 bits per heavy atom. The van der Waals surface area contributed by atoms with Crippen LogP contribution in [0.2, 0.25) is 0 Å². The molecule has 0 radical (unpaired) electrons. The van der Waals surface area contributed by atoms with E-state index in [1.807, 2.05) is 54.6 Å². The van der Waals surface area contributed by atoms with E-state index in [9.17, 15) is 4.79 Å². The van der Waals surface area contributed by atoms with Gasteiger partial charge in [-0.3, -0.25) is 4.79 Å². The molecule has 27 heavy (non-hydrogen) atoms. The maximum absolute atomic E-state index is 13.5. The summed E-state index contributed by atoms with van der Waals surface area (Å²) in [5.74, 6) is 0.744. The molecule has 3 aromatic rings. The van der Waals surface area contributed by atoms with Crippen molar-refractivity contribution in [2.75, 3.05) is 7.11 Å². The number of hydrogen-bond acceptors (Lipinski definition) is 2. The van der Waals surface area contributed by atoms with Gasteiger partial charge in [-0.25, -0.2) is 0 Å². The van der Waals surface area contributed by atoms with Crippen molar-refractivity contribution in [3.63, 3.8) is 0 Å². The molecule has 2 atom stereocenters. The van der Waals surface area contributed by atoms with Crippen LogP contribution < -0.4 is 4.74 Å². The average Bonchev–Trinajstić information content (AvgIpc) is 2.74. The smallest absolute Gasteiger partial charge is 0.171 e. The summed E-state index contributed by atoms with van der Waals surface area (Å²) in [5.41, 5.74) is 5.36. The number of benzene rings is 3. The Bertz CT molecular complexity index is 984. The van der Waals surface area contributed by atoms with Gasteiger partial charge in [0.1, 0.15) is 5.75 Å². The number of rotatable bonds is 4. The minimum atomic E-state index is -0.235. The molecule has 2 heteroatoms. The van der Waals surface area contributed by atoms with Crippen LogP contribution in [-0.4, -0.2) is 12.9 Å². The van der Waals surface area contributed by atoms with Crippen molar-refractivity contribution in [3.05, 3.63) is 107 Å². The van der Waals surface area contributed by atoms with Gasteiger partial charge in [0.15, 0.2) is 5.78 Å². The second-order valence-electron chi connectivity index (χ2n) is 6.94. The number of ether oxygens (including phenoxy) is 1. The molecule has 1 aliphatic carbocycles. The van der Waals surface area contributed by atoms with E-state index < -0.39 is 0 Å². The molecule has 4 rings (SSSR count). The van der Waals surface area contributed by atoms with Gasteiger partial charge >= 0.3 is 0 Å². The molecule has 2 unspecified atom stereocenters. The Labute approximate surface area is 160 Å². The first-order valence-electron chi connectivity index (χ1n) is 9.20. The van der Waals surface area contributed by atoms with Crippen molar-refractivity contribution in [2.45, 2.75) is 18.8 Å². The maximum atomic E-state index is 13.5. The van der Waals surface area contributed by atoms with Crippen LogP contribution in [0.15, 0.2) is 84.9 Å². The van der Waals surface area contributed by atoms with E-state index in [4.69, 9.17) is 4.74 Å². The van der Waals surface area contributed by atoms with Crippen LogP contribution in [-0.2, 0) is 0 Å². The lowest BCUT2D eigenvalue weighted by atomic mass is 9.71. The zero-order valence-electron chi connectivity index (χ0n) is 15.6. The molecule has 3 aromatic carbocycles. The number of ketones is 1. The van der Waals surface area contributed by atoms with E-state index in [1.165, 1.54) is 5.57 Å². The monoisotopic (exact) mass is 354 g/mol. The summed E-state index contributed by atoms with van der Waals surface area (Å²) in [4.78, 5) is 13.5. The van der Waals surface area contributed by atoms with Gasteiger partial charge in [-0.1, -0.05) is 72.8 Å². The van der Waals surface area contributed by atoms with E-state index in [-0.39, 0.29) is 17.6 Å². The standard InChI is InChI=1S/C25H22O2/c1-17-16-23(18-12-14-20(27-2)15-13-18)24(22-11-7-6-10-21(17)22)25(26)19-8-4-3-5-9-19/h3-16,23-24H,1-2H3. The van der Waals surface area contributed by atoms with E-state index >= 15 is 0 Å². The van der Waals surface area contributed by atoms with Crippen molar-refractivity contribution >= 4 is 11.4 Å². The highest BCUT2D eigenvalue weighted by molar-refractivity contribution is 6.03. The molecule has 0 fully saturated rings. The summed E-state index contributed by atoms with van der Waals surface area (Å²) in [6.45, 7) is 2.12. The van der Waals surface area contributed by atoms with Crippen molar-refractivity contribution < 1.29 is 9.53 Å². The topological polar surface area (TPSA) is 26.3 Å². The Kier molecular flexibility index (Phi) is 4.64. The summed E-state index contributed by atoms with van der Waals surface area (Å²) in [5, 5.41) is 0. The number of hydrogen-bond donors (Lipinski definition) is 0. The van der Waals surface area contributed by atoms with Crippen molar-refractivity contribution in [1.82, 2.24) is 0 Å². The molecule has 0 aliphatic heterocycles. The van der Waals surface area contributed by atoms with Crippen LogP contribution in [0.1, 0.15) is 45.8 Å². The molecular formula is C25H22O2. The van der Waals surface area contributed by atoms with Crippen molar-refractivity contribution in [3.8, 4) is 5.75 Å². The van der Waals surface area contributed by atoms with Gasteiger partial charge in [-0.2, -0.15) is 0 Å². The van der Waals surface area contributed by atoms with Gasteiger partial charge in [0.2, 0.25) is 0 Å². The summed E-state index contributed by atoms with van der Waals surface area (Å²) in [6, 6.07) is 25.9. The quantitative estimate of drug-likeness (QED) is 0.548. The highest BCUT2D eigenvalue weighted by Gasteiger charge is 2.35. The third-order valence-electron chi connectivity index (χ3n) is 5.35. The highest BCUT2D eigenvalue weighted by Crippen LogP contribution is 2.45. The zero-order valence-corrected chi connectivity index (χ0v) is 15.6. The van der Waals surface area contributed by atoms with E-state index in [0.717, 1.165) is 28.0 Å². The van der Waals surface area contributed by atoms with Crippen LogP contribution in [0.3, 0.4) is 0 Å². The predicted octanol–water partition coefficient (Wildman–Crippen LogP) is 5.86. The number of methoxy groups -OCH3 is 1. The fourth-order valence-corrected chi connectivity index (χ4v) is 3.98. The van der Waals surface area contributed by atoms with Gasteiger partial charge in [0, 0.05) is 11.5 Å². The second kappa shape index (κ2) is 7.24. The molecule has 0 saturated carbocycles. The number of carbonyl (C=O) groups is 1. The molecule has 0 bridgehead atoms. The van der Waals surface area contributed by atoms with Gasteiger partial charge in [-0.15, -0.1) is 0 Å². The van der Waals surface area contributed by atoms with Crippen LogP contribution >= 0.6 is 0 Å². The maximum Gasteiger partial charge on any atom is 0.171 e. The largest absolute Gasteiger partial charge is 0.497 e. The summed E-state index contributed by atoms with van der Waals surface area (Å²) >= 11 is 0. The van der Waals surface area contributed by atoms with Crippen LogP contribution in [0.5, 0.6) is 5.75 Å². The summed E-state index contributed by atoms with van der Waals surface area (Å²) in [7, 11) is 1.66. The Morgan fingerprint density at radius 1 is 0.852 bits per heavy atom. The molecule has 0 saturated heterocycles. The Balaban J connectivity index is 1.85. The number of allylic oxidation sites excluding steroid dienone is 2. The molecule has 0 heterocycles. The SMILES string of the molecule is COc1ccc(C2C=C(C)c3ccccc3C2C(=O)c2ccccc2)cc1. The number of Topliss-reactive ketones (excluding diaryl/α,β-unsaturated/α-hetero) is 1. The first-order chi connectivity index (χ1) is 13.2. The van der Waals surface area contributed by atoms with E-state index in [2.05, 4.69) is 37.3 Å². The minimum absolute atomic E-state index is 0.00138. The fourth-order valence-electron chi connectivity index (χ4n) is 3.98. The third-order valence-corrected chi connectivity index (χ3v) is 5.35. The van der Waals surface area contributed by atoms with Crippen molar-refractivity contribution in [1.29, 1.82) is 0 Å². The van der Waals surface area contributed by atoms with Gasteiger partial charge < -0.3 is 4.74 Å². The third kappa shape index (κ3) is 3.19. The molecule has 1 aliphatic rings. The van der Waals surface area contributed by atoms with Gasteiger partial charge in [0.25, 0.3) is 0 Å². The lowest BCUT2D eigenvalue weighted by Gasteiger charge is -2.31. The van der Waals surface area contributed by atoms with Crippen molar-refractivity contribution in [2.24, 2.45) is 0 Å². The molecule has 0 aromatic heterocycles. The van der Waals surface area contributed by atoms with Crippen LogP contribution in [0.25, 0.3) is 5.57 Å². The van der Waals surface area contributed by atoms with Gasteiger partial charge in [0.05, 0.1) is 13.0 Å². The molecule has 2 nitrogen and oxygen atoms in total. The highest BCUT2D eigenvalue weighted by atomic mass is 16.5. The van der Waals surface area contributed by atoms with Crippen LogP contribution in [0, 0.1) is 0 Å². The van der Waals surface area contributed by atoms with Gasteiger partial charge in [-0.05, 0) is 41.3 Å². The molecular weight excluding hydrogens is 332 g/mol. The second-order valence-corrected chi connectivity index (χ2v) is 6.94. The Hall–Kier alpha value is -3.13. The fraction of sp³-hybridized carbons (Fsp3) is 0.160. The summed E-state index contributed by atoms with van der Waals surface area (Å²) < 4.78 is 5.30. The van der Waals surface area contributed by atoms with E-state index in [1.54, 1.807) is 7.11 Å². The molecule has 134 valence electrons. The van der Waals surface area contributed by atoms with Crippen LogP contribution in [0.4, 0.5) is 0 Å². The Morgan fingerprint density at radius 2 is 1.52 bits per heavy atom.